The Bertz CT molecular complexity index is 1300. The fourth-order valence-corrected chi connectivity index (χ4v) is 3.05. The summed E-state index contributed by atoms with van der Waals surface area (Å²) >= 11 is 0. The van der Waals surface area contributed by atoms with Gasteiger partial charge in [0.15, 0.2) is 11.4 Å². The maximum atomic E-state index is 13.0. The van der Waals surface area contributed by atoms with E-state index in [0.717, 1.165) is 26.9 Å². The second-order valence-corrected chi connectivity index (χ2v) is 6.81. The average Bonchev–Trinajstić information content (AvgIpc) is 3.15. The summed E-state index contributed by atoms with van der Waals surface area (Å²) in [5.41, 5.74) is 0.374. The van der Waals surface area contributed by atoms with E-state index in [1.807, 2.05) is 6.92 Å². The molecular formula is C21H15F3N4O2. The number of hydrogen-bond acceptors (Lipinski definition) is 4. The zero-order chi connectivity index (χ0) is 21.5. The topological polar surface area (TPSA) is 69.8 Å². The van der Waals surface area contributed by atoms with E-state index in [1.54, 1.807) is 24.3 Å². The molecule has 0 saturated heterocycles. The first kappa shape index (κ1) is 19.6. The molecule has 0 unspecified atom stereocenters. The van der Waals surface area contributed by atoms with Gasteiger partial charge in [0.05, 0.1) is 24.0 Å². The third-order valence-corrected chi connectivity index (χ3v) is 4.66. The van der Waals surface area contributed by atoms with Gasteiger partial charge in [-0.3, -0.25) is 14.2 Å². The molecule has 0 amide bonds. The number of alkyl halides is 3. The predicted octanol–water partition coefficient (Wildman–Crippen LogP) is 3.79. The van der Waals surface area contributed by atoms with Crippen LogP contribution in [0.4, 0.5) is 13.2 Å². The second-order valence-electron chi connectivity index (χ2n) is 6.81. The van der Waals surface area contributed by atoms with E-state index in [9.17, 15) is 22.8 Å². The van der Waals surface area contributed by atoms with E-state index in [0.29, 0.717) is 5.56 Å². The summed E-state index contributed by atoms with van der Waals surface area (Å²) in [5.74, 6) is -0.261. The molecule has 0 aliphatic rings. The lowest BCUT2D eigenvalue weighted by atomic mass is 10.1. The number of ketones is 1. The number of halogens is 3. The number of Topliss-reactive ketones (excluding diaryl/α,β-unsaturated/α-hetero) is 1. The van der Waals surface area contributed by atoms with Gasteiger partial charge in [0, 0.05) is 5.56 Å². The fraction of sp³-hybridized carbons (Fsp3) is 0.143. The van der Waals surface area contributed by atoms with Crippen LogP contribution in [0.5, 0.6) is 0 Å². The SMILES string of the molecule is Cc1ccc(C(=O)Cn2cnc3c(cnn3-c3cccc(C(F)(F)F)c3)c2=O)cc1. The minimum atomic E-state index is -4.50. The first-order valence-electron chi connectivity index (χ1n) is 8.95. The van der Waals surface area contributed by atoms with Gasteiger partial charge in [0.1, 0.15) is 11.7 Å². The number of nitrogens with zero attached hydrogens (tertiary/aromatic N) is 4. The molecule has 0 atom stereocenters. The number of carbonyl (C=O) groups excluding carboxylic acids is 1. The van der Waals surface area contributed by atoms with Gasteiger partial charge >= 0.3 is 6.18 Å². The van der Waals surface area contributed by atoms with Crippen molar-refractivity contribution in [3.8, 4) is 5.69 Å². The van der Waals surface area contributed by atoms with Crippen molar-refractivity contribution in [1.82, 2.24) is 19.3 Å². The molecule has 30 heavy (non-hydrogen) atoms. The van der Waals surface area contributed by atoms with Crippen LogP contribution in [0.2, 0.25) is 0 Å². The van der Waals surface area contributed by atoms with Crippen LogP contribution in [-0.4, -0.2) is 25.1 Å². The van der Waals surface area contributed by atoms with Crippen molar-refractivity contribution in [2.75, 3.05) is 0 Å². The molecule has 0 bridgehead atoms. The number of carbonyl (C=O) groups is 1. The summed E-state index contributed by atoms with van der Waals surface area (Å²) < 4.78 is 41.3. The number of hydrogen-bond donors (Lipinski definition) is 0. The fourth-order valence-electron chi connectivity index (χ4n) is 3.05. The Morgan fingerprint density at radius 2 is 1.83 bits per heavy atom. The van der Waals surface area contributed by atoms with Crippen LogP contribution in [0.15, 0.2) is 65.8 Å². The van der Waals surface area contributed by atoms with Crippen LogP contribution in [0.3, 0.4) is 0 Å². The molecule has 4 rings (SSSR count). The van der Waals surface area contributed by atoms with E-state index < -0.39 is 17.3 Å². The van der Waals surface area contributed by atoms with E-state index in [-0.39, 0.29) is 29.0 Å². The molecule has 0 spiro atoms. The van der Waals surface area contributed by atoms with Gasteiger partial charge in [-0.05, 0) is 25.1 Å². The van der Waals surface area contributed by atoms with Gasteiger partial charge < -0.3 is 0 Å². The van der Waals surface area contributed by atoms with Crippen molar-refractivity contribution >= 4 is 16.8 Å². The van der Waals surface area contributed by atoms with Gasteiger partial charge in [0.25, 0.3) is 5.56 Å². The Balaban J connectivity index is 1.70. The molecular weight excluding hydrogens is 397 g/mol. The third-order valence-electron chi connectivity index (χ3n) is 4.66. The number of aryl methyl sites for hydroxylation is 1. The summed E-state index contributed by atoms with van der Waals surface area (Å²) in [6, 6.07) is 11.5. The van der Waals surface area contributed by atoms with Crippen LogP contribution < -0.4 is 5.56 Å². The molecule has 0 aliphatic heterocycles. The summed E-state index contributed by atoms with van der Waals surface area (Å²) in [4.78, 5) is 29.4. The van der Waals surface area contributed by atoms with E-state index in [1.165, 1.54) is 24.7 Å². The molecule has 0 saturated carbocycles. The lowest BCUT2D eigenvalue weighted by Gasteiger charge is -2.09. The molecule has 152 valence electrons. The molecule has 2 aromatic heterocycles. The summed E-state index contributed by atoms with van der Waals surface area (Å²) in [7, 11) is 0. The molecule has 2 aromatic carbocycles. The van der Waals surface area contributed by atoms with Gasteiger partial charge in [-0.25, -0.2) is 9.67 Å². The Hall–Kier alpha value is -3.75. The van der Waals surface area contributed by atoms with Crippen molar-refractivity contribution in [1.29, 1.82) is 0 Å². The predicted molar refractivity (Wildman–Crippen MR) is 104 cm³/mol. The zero-order valence-electron chi connectivity index (χ0n) is 15.7. The maximum Gasteiger partial charge on any atom is 0.416 e. The zero-order valence-corrected chi connectivity index (χ0v) is 15.7. The molecule has 6 nitrogen and oxygen atoms in total. The summed E-state index contributed by atoms with van der Waals surface area (Å²) in [6.07, 6.45) is -2.07. The monoisotopic (exact) mass is 412 g/mol. The van der Waals surface area contributed by atoms with Crippen LogP contribution >= 0.6 is 0 Å². The minimum absolute atomic E-state index is 0.103. The van der Waals surface area contributed by atoms with Crippen molar-refractivity contribution in [3.63, 3.8) is 0 Å². The quantitative estimate of drug-likeness (QED) is 0.478. The minimum Gasteiger partial charge on any atom is -0.292 e. The van der Waals surface area contributed by atoms with Crippen LogP contribution in [-0.2, 0) is 12.7 Å². The Morgan fingerprint density at radius 3 is 2.53 bits per heavy atom. The third kappa shape index (κ3) is 3.61. The van der Waals surface area contributed by atoms with E-state index in [4.69, 9.17) is 0 Å². The summed E-state index contributed by atoms with van der Waals surface area (Å²) in [5, 5.41) is 4.13. The lowest BCUT2D eigenvalue weighted by Crippen LogP contribution is -2.24. The van der Waals surface area contributed by atoms with Crippen molar-refractivity contribution in [2.45, 2.75) is 19.6 Å². The Morgan fingerprint density at radius 1 is 1.10 bits per heavy atom. The van der Waals surface area contributed by atoms with Crippen LogP contribution in [0, 0.1) is 6.92 Å². The van der Waals surface area contributed by atoms with Crippen molar-refractivity contribution in [2.24, 2.45) is 0 Å². The Kier molecular flexibility index (Phi) is 4.73. The molecule has 0 radical (unpaired) electrons. The molecule has 2 heterocycles. The molecule has 0 N–H and O–H groups in total. The molecule has 4 aromatic rings. The maximum absolute atomic E-state index is 13.0. The van der Waals surface area contributed by atoms with Gasteiger partial charge in [0.2, 0.25) is 0 Å². The largest absolute Gasteiger partial charge is 0.416 e. The normalized spacial score (nSPS) is 11.7. The Labute approximate surface area is 168 Å². The first-order valence-corrected chi connectivity index (χ1v) is 8.95. The first-order chi connectivity index (χ1) is 14.2. The molecule has 0 aliphatic carbocycles. The lowest BCUT2D eigenvalue weighted by molar-refractivity contribution is -0.137. The highest BCUT2D eigenvalue weighted by molar-refractivity contribution is 5.96. The second kappa shape index (κ2) is 7.25. The van der Waals surface area contributed by atoms with Crippen molar-refractivity contribution in [3.05, 3.63) is 88.1 Å². The summed E-state index contributed by atoms with van der Waals surface area (Å²) in [6.45, 7) is 1.69. The smallest absolute Gasteiger partial charge is 0.292 e. The van der Waals surface area contributed by atoms with E-state index in [2.05, 4.69) is 10.1 Å². The van der Waals surface area contributed by atoms with E-state index >= 15 is 0 Å². The van der Waals surface area contributed by atoms with Crippen LogP contribution in [0.25, 0.3) is 16.7 Å². The molecule has 9 heteroatoms. The standard InChI is InChI=1S/C21H15F3N4O2/c1-13-5-7-14(8-6-13)18(29)11-27-12-25-19-17(20(27)30)10-26-28(19)16-4-2-3-15(9-16)21(22,23)24/h2-10,12H,11H2,1H3. The van der Waals surface area contributed by atoms with Crippen LogP contribution in [0.1, 0.15) is 21.5 Å². The number of benzene rings is 2. The highest BCUT2D eigenvalue weighted by Gasteiger charge is 2.30. The average molecular weight is 412 g/mol. The van der Waals surface area contributed by atoms with Gasteiger partial charge in [-0.1, -0.05) is 35.9 Å². The van der Waals surface area contributed by atoms with Gasteiger partial charge in [-0.15, -0.1) is 0 Å². The molecule has 0 fully saturated rings. The highest BCUT2D eigenvalue weighted by Crippen LogP contribution is 2.30. The highest BCUT2D eigenvalue weighted by atomic mass is 19.4. The van der Waals surface area contributed by atoms with Gasteiger partial charge in [-0.2, -0.15) is 18.3 Å². The number of aromatic nitrogens is 4. The number of rotatable bonds is 4. The number of fused-ring (bicyclic) bond motifs is 1. The van der Waals surface area contributed by atoms with Crippen molar-refractivity contribution < 1.29 is 18.0 Å².